The predicted molar refractivity (Wildman–Crippen MR) is 108 cm³/mol. The van der Waals surface area contributed by atoms with Crippen LogP contribution in [0.3, 0.4) is 0 Å². The van der Waals surface area contributed by atoms with E-state index >= 15 is 0 Å². The number of nitrogens with zero attached hydrogens (tertiary/aromatic N) is 1. The summed E-state index contributed by atoms with van der Waals surface area (Å²) in [5.41, 5.74) is 2.81. The van der Waals surface area contributed by atoms with Gasteiger partial charge in [-0.1, -0.05) is 6.07 Å². The number of rotatable bonds is 4. The molecule has 6 heteroatoms. The molecule has 28 heavy (non-hydrogen) atoms. The van der Waals surface area contributed by atoms with Crippen molar-refractivity contribution in [3.8, 4) is 11.3 Å². The Kier molecular flexibility index (Phi) is 4.28. The number of carbonyl (C=O) groups excluding carboxylic acids is 2. The van der Waals surface area contributed by atoms with Gasteiger partial charge in [0, 0.05) is 42.2 Å². The van der Waals surface area contributed by atoms with Crippen LogP contribution in [0, 0.1) is 5.92 Å². The monoisotopic (exact) mass is 392 g/mol. The number of benzene rings is 1. The maximum absolute atomic E-state index is 12.3. The molecule has 0 spiro atoms. The average Bonchev–Trinajstić information content (AvgIpc) is 3.25. The molecule has 3 heterocycles. The van der Waals surface area contributed by atoms with Crippen molar-refractivity contribution in [3.63, 3.8) is 0 Å². The van der Waals surface area contributed by atoms with E-state index in [0.29, 0.717) is 17.3 Å². The normalized spacial score (nSPS) is 15.9. The predicted octanol–water partition coefficient (Wildman–Crippen LogP) is 4.56. The first kappa shape index (κ1) is 17.3. The molecule has 2 aliphatic rings. The zero-order chi connectivity index (χ0) is 19.1. The van der Waals surface area contributed by atoms with E-state index in [4.69, 9.17) is 4.42 Å². The lowest BCUT2D eigenvalue weighted by molar-refractivity contribution is -0.133. The highest BCUT2D eigenvalue weighted by atomic mass is 32.1. The second kappa shape index (κ2) is 6.95. The quantitative estimate of drug-likeness (QED) is 0.708. The molecule has 1 fully saturated rings. The van der Waals surface area contributed by atoms with Crippen molar-refractivity contribution in [3.05, 3.63) is 64.0 Å². The van der Waals surface area contributed by atoms with Crippen LogP contribution in [-0.2, 0) is 17.8 Å². The lowest BCUT2D eigenvalue weighted by atomic mass is 10.1. The molecule has 3 aromatic rings. The topological polar surface area (TPSA) is 62.6 Å². The number of nitrogens with one attached hydrogen (secondary N) is 1. The molecule has 5 nitrogen and oxygen atoms in total. The number of fused-ring (bicyclic) bond motifs is 1. The van der Waals surface area contributed by atoms with E-state index in [1.807, 2.05) is 46.7 Å². The fraction of sp³-hybridized carbons (Fsp3) is 0.273. The molecular weight excluding hydrogens is 372 g/mol. The molecule has 142 valence electrons. The standard InChI is InChI=1S/C22H20N2O3S/c25-21(20-2-1-11-28-20)23-17-7-5-14(6-8-17)19-12-16-13-24(10-9-18(16)27-19)22(26)15-3-4-15/h1-2,5-8,11-12,15H,3-4,9-10,13H2,(H,23,25). The van der Waals surface area contributed by atoms with Crippen LogP contribution in [0.1, 0.15) is 33.8 Å². The van der Waals surface area contributed by atoms with Gasteiger partial charge in [-0.2, -0.15) is 0 Å². The van der Waals surface area contributed by atoms with Crippen molar-refractivity contribution in [2.75, 3.05) is 11.9 Å². The van der Waals surface area contributed by atoms with Gasteiger partial charge in [0.1, 0.15) is 11.5 Å². The molecule has 1 aromatic carbocycles. The molecule has 1 aliphatic carbocycles. The lowest BCUT2D eigenvalue weighted by Gasteiger charge is -2.26. The third kappa shape index (κ3) is 3.36. The van der Waals surface area contributed by atoms with Gasteiger partial charge in [0.25, 0.3) is 5.91 Å². The highest BCUT2D eigenvalue weighted by molar-refractivity contribution is 7.12. The molecule has 1 N–H and O–H groups in total. The van der Waals surface area contributed by atoms with Gasteiger partial charge in [0.05, 0.1) is 4.88 Å². The summed E-state index contributed by atoms with van der Waals surface area (Å²) in [5.74, 6) is 2.23. The van der Waals surface area contributed by atoms with Gasteiger partial charge in [0.15, 0.2) is 0 Å². The van der Waals surface area contributed by atoms with Gasteiger partial charge >= 0.3 is 0 Å². The molecule has 0 atom stereocenters. The van der Waals surface area contributed by atoms with Crippen LogP contribution in [0.5, 0.6) is 0 Å². The van der Waals surface area contributed by atoms with Crippen molar-refractivity contribution >= 4 is 28.8 Å². The molecule has 5 rings (SSSR count). The Morgan fingerprint density at radius 1 is 1.14 bits per heavy atom. The van der Waals surface area contributed by atoms with Gasteiger partial charge in [0.2, 0.25) is 5.91 Å². The van der Waals surface area contributed by atoms with Crippen molar-refractivity contribution in [2.45, 2.75) is 25.8 Å². The summed E-state index contributed by atoms with van der Waals surface area (Å²) in [5, 5.41) is 4.79. The fourth-order valence-corrected chi connectivity index (χ4v) is 4.19. The molecule has 2 aromatic heterocycles. The summed E-state index contributed by atoms with van der Waals surface area (Å²) in [6, 6.07) is 13.4. The third-order valence-corrected chi connectivity index (χ3v) is 6.15. The molecule has 0 unspecified atom stereocenters. The van der Waals surface area contributed by atoms with Gasteiger partial charge in [-0.05, 0) is 54.6 Å². The van der Waals surface area contributed by atoms with Crippen LogP contribution < -0.4 is 5.32 Å². The van der Waals surface area contributed by atoms with Gasteiger partial charge < -0.3 is 14.6 Å². The molecule has 0 radical (unpaired) electrons. The summed E-state index contributed by atoms with van der Waals surface area (Å²) in [6.45, 7) is 1.38. The Bertz CT molecular complexity index is 1020. The fourth-order valence-electron chi connectivity index (χ4n) is 3.57. The minimum Gasteiger partial charge on any atom is -0.461 e. The summed E-state index contributed by atoms with van der Waals surface area (Å²) >= 11 is 1.42. The Labute approximate surface area is 167 Å². The van der Waals surface area contributed by atoms with Crippen LogP contribution in [0.4, 0.5) is 5.69 Å². The SMILES string of the molecule is O=C(Nc1ccc(-c2cc3c(o2)CCN(C(=O)C2CC2)C3)cc1)c1cccs1. The van der Waals surface area contributed by atoms with Crippen LogP contribution in [0.15, 0.2) is 52.3 Å². The maximum atomic E-state index is 12.3. The van der Waals surface area contributed by atoms with E-state index in [2.05, 4.69) is 5.32 Å². The van der Waals surface area contributed by atoms with Gasteiger partial charge in [-0.15, -0.1) is 11.3 Å². The first-order chi connectivity index (χ1) is 13.7. The summed E-state index contributed by atoms with van der Waals surface area (Å²) in [6.07, 6.45) is 2.84. The Morgan fingerprint density at radius 2 is 1.96 bits per heavy atom. The smallest absolute Gasteiger partial charge is 0.265 e. The molecular formula is C22H20N2O3S. The van der Waals surface area contributed by atoms with Crippen LogP contribution >= 0.6 is 11.3 Å². The minimum absolute atomic E-state index is 0.100. The number of thiophene rings is 1. The van der Waals surface area contributed by atoms with Crippen LogP contribution in [0.2, 0.25) is 0 Å². The van der Waals surface area contributed by atoms with E-state index in [-0.39, 0.29) is 11.8 Å². The first-order valence-electron chi connectivity index (χ1n) is 9.53. The lowest BCUT2D eigenvalue weighted by Crippen LogP contribution is -2.36. The van der Waals surface area contributed by atoms with Gasteiger partial charge in [-0.3, -0.25) is 9.59 Å². The Morgan fingerprint density at radius 3 is 2.68 bits per heavy atom. The zero-order valence-electron chi connectivity index (χ0n) is 15.3. The second-order valence-corrected chi connectivity index (χ2v) is 8.30. The Hall–Kier alpha value is -2.86. The van der Waals surface area contributed by atoms with E-state index in [1.165, 1.54) is 11.3 Å². The number of hydrogen-bond donors (Lipinski definition) is 1. The van der Waals surface area contributed by atoms with Crippen LogP contribution in [0.25, 0.3) is 11.3 Å². The van der Waals surface area contributed by atoms with Crippen molar-refractivity contribution in [2.24, 2.45) is 5.92 Å². The zero-order valence-corrected chi connectivity index (χ0v) is 16.1. The molecule has 1 aliphatic heterocycles. The number of furan rings is 1. The molecule has 1 saturated carbocycles. The number of anilines is 1. The molecule has 2 amide bonds. The number of amides is 2. The van der Waals surface area contributed by atoms with Crippen molar-refractivity contribution in [1.82, 2.24) is 4.90 Å². The van der Waals surface area contributed by atoms with Gasteiger partial charge in [-0.25, -0.2) is 0 Å². The van der Waals surface area contributed by atoms with E-state index < -0.39 is 0 Å². The van der Waals surface area contributed by atoms with E-state index in [9.17, 15) is 9.59 Å². The summed E-state index contributed by atoms with van der Waals surface area (Å²) < 4.78 is 6.05. The molecule has 0 bridgehead atoms. The van der Waals surface area contributed by atoms with Crippen molar-refractivity contribution < 1.29 is 14.0 Å². The average molecular weight is 392 g/mol. The van der Waals surface area contributed by atoms with E-state index in [0.717, 1.165) is 54.1 Å². The minimum atomic E-state index is -0.100. The van der Waals surface area contributed by atoms with E-state index in [1.54, 1.807) is 6.07 Å². The number of carbonyl (C=O) groups is 2. The van der Waals surface area contributed by atoms with Crippen LogP contribution in [-0.4, -0.2) is 23.3 Å². The van der Waals surface area contributed by atoms with Crippen molar-refractivity contribution in [1.29, 1.82) is 0 Å². The highest BCUT2D eigenvalue weighted by Crippen LogP contribution is 2.35. The molecule has 0 saturated heterocycles. The third-order valence-electron chi connectivity index (χ3n) is 5.28. The largest absolute Gasteiger partial charge is 0.461 e. The highest BCUT2D eigenvalue weighted by Gasteiger charge is 2.35. The second-order valence-electron chi connectivity index (χ2n) is 7.35. The Balaban J connectivity index is 1.29. The number of hydrogen-bond acceptors (Lipinski definition) is 4. The first-order valence-corrected chi connectivity index (χ1v) is 10.4. The summed E-state index contributed by atoms with van der Waals surface area (Å²) in [7, 11) is 0. The summed E-state index contributed by atoms with van der Waals surface area (Å²) in [4.78, 5) is 27.1. The maximum Gasteiger partial charge on any atom is 0.265 e.